The first-order valence-electron chi connectivity index (χ1n) is 6.39. The van der Waals surface area contributed by atoms with Gasteiger partial charge in [-0.15, -0.1) is 0 Å². The highest BCUT2D eigenvalue weighted by Gasteiger charge is 2.31. The quantitative estimate of drug-likeness (QED) is 0.758. The second kappa shape index (κ2) is 5.81. The summed E-state index contributed by atoms with van der Waals surface area (Å²) in [7, 11) is 0. The normalized spacial score (nSPS) is 14.4. The number of Topliss-reactive ketones (excluding diaryl/α,β-unsaturated/α-hetero) is 1. The van der Waals surface area contributed by atoms with E-state index in [1.54, 1.807) is 0 Å². The Hall–Kier alpha value is -0.630. The Morgan fingerprint density at radius 2 is 1.59 bits per heavy atom. The topological polar surface area (TPSA) is 29.1 Å². The maximum Gasteiger partial charge on any atom is 0.155 e. The first-order chi connectivity index (χ1) is 7.43. The Balaban J connectivity index is 4.86. The molecule has 1 atom stereocenters. The highest BCUT2D eigenvalue weighted by Crippen LogP contribution is 2.20. The molecule has 0 aromatic carbocycles. The Labute approximate surface area is 107 Å². The average Bonchev–Trinajstić information content (AvgIpc) is 2.07. The van der Waals surface area contributed by atoms with Gasteiger partial charge in [-0.25, -0.2) is 0 Å². The SMILES string of the molecule is CC(C)=CC[C@H](NC(C)(C)C)C(=O)C(C)(C)C. The molecule has 0 heterocycles. The molecule has 2 nitrogen and oxygen atoms in total. The Morgan fingerprint density at radius 1 is 1.12 bits per heavy atom. The van der Waals surface area contributed by atoms with E-state index in [0.29, 0.717) is 0 Å². The van der Waals surface area contributed by atoms with E-state index in [2.05, 4.69) is 46.0 Å². The number of ketones is 1. The van der Waals surface area contributed by atoms with Crippen LogP contribution >= 0.6 is 0 Å². The van der Waals surface area contributed by atoms with Gasteiger partial charge in [-0.2, -0.15) is 0 Å². The zero-order valence-electron chi connectivity index (χ0n) is 12.8. The molecule has 0 amide bonds. The van der Waals surface area contributed by atoms with Gasteiger partial charge in [0.1, 0.15) is 0 Å². The van der Waals surface area contributed by atoms with Crippen molar-refractivity contribution in [2.24, 2.45) is 5.41 Å². The van der Waals surface area contributed by atoms with Crippen LogP contribution in [0, 0.1) is 5.41 Å². The maximum atomic E-state index is 12.4. The lowest BCUT2D eigenvalue weighted by molar-refractivity contribution is -0.128. The fraction of sp³-hybridized carbons (Fsp3) is 0.800. The molecule has 0 rings (SSSR count). The fourth-order valence-electron chi connectivity index (χ4n) is 1.63. The first kappa shape index (κ1) is 16.4. The molecular weight excluding hydrogens is 210 g/mol. The van der Waals surface area contributed by atoms with Crippen molar-refractivity contribution in [3.05, 3.63) is 11.6 Å². The first-order valence-corrected chi connectivity index (χ1v) is 6.39. The monoisotopic (exact) mass is 239 g/mol. The molecule has 17 heavy (non-hydrogen) atoms. The van der Waals surface area contributed by atoms with E-state index < -0.39 is 0 Å². The number of rotatable bonds is 4. The summed E-state index contributed by atoms with van der Waals surface area (Å²) in [5.74, 6) is 0.282. The van der Waals surface area contributed by atoms with Crippen LogP contribution < -0.4 is 5.32 Å². The number of hydrogen-bond donors (Lipinski definition) is 1. The van der Waals surface area contributed by atoms with Crippen LogP contribution in [0.5, 0.6) is 0 Å². The summed E-state index contributed by atoms with van der Waals surface area (Å²) in [5.41, 5.74) is 0.923. The summed E-state index contributed by atoms with van der Waals surface area (Å²) in [6, 6.07) is -0.0927. The largest absolute Gasteiger partial charge is 0.302 e. The Bertz CT molecular complexity index is 285. The molecule has 0 saturated carbocycles. The molecular formula is C15H29NO. The van der Waals surface area contributed by atoms with Crippen molar-refractivity contribution >= 4 is 5.78 Å². The average molecular weight is 239 g/mol. The van der Waals surface area contributed by atoms with Crippen molar-refractivity contribution in [1.29, 1.82) is 0 Å². The molecule has 100 valence electrons. The molecule has 0 radical (unpaired) electrons. The molecule has 0 aromatic heterocycles. The minimum absolute atomic E-state index is 0.0406. The van der Waals surface area contributed by atoms with Crippen LogP contribution in [0.15, 0.2) is 11.6 Å². The molecule has 0 aliphatic heterocycles. The standard InChI is InChI=1S/C15H29NO/c1-11(2)9-10-12(16-15(6,7)8)13(17)14(3,4)5/h9,12,16H,10H2,1-8H3/t12-/m0/s1. The van der Waals surface area contributed by atoms with Gasteiger partial charge in [0.05, 0.1) is 6.04 Å². The Morgan fingerprint density at radius 3 is 1.88 bits per heavy atom. The van der Waals surface area contributed by atoms with Crippen LogP contribution in [0.1, 0.15) is 61.8 Å². The summed E-state index contributed by atoms with van der Waals surface area (Å²) in [4.78, 5) is 12.4. The minimum atomic E-state index is -0.293. The lowest BCUT2D eigenvalue weighted by atomic mass is 9.84. The van der Waals surface area contributed by atoms with Crippen molar-refractivity contribution in [3.63, 3.8) is 0 Å². The van der Waals surface area contributed by atoms with Crippen LogP contribution in [0.3, 0.4) is 0 Å². The van der Waals surface area contributed by atoms with Crippen LogP contribution in [-0.4, -0.2) is 17.4 Å². The van der Waals surface area contributed by atoms with E-state index in [4.69, 9.17) is 0 Å². The zero-order chi connectivity index (χ0) is 13.9. The van der Waals surface area contributed by atoms with E-state index in [-0.39, 0.29) is 22.8 Å². The third kappa shape index (κ3) is 7.32. The van der Waals surface area contributed by atoms with Crippen molar-refractivity contribution in [2.75, 3.05) is 0 Å². The summed E-state index contributed by atoms with van der Waals surface area (Å²) in [6.07, 6.45) is 2.91. The zero-order valence-corrected chi connectivity index (χ0v) is 12.8. The second-order valence-electron chi connectivity index (χ2n) is 7.08. The maximum absolute atomic E-state index is 12.4. The second-order valence-corrected chi connectivity index (χ2v) is 7.08. The summed E-state index contributed by atoms with van der Waals surface area (Å²) >= 11 is 0. The van der Waals surface area contributed by atoms with Gasteiger partial charge >= 0.3 is 0 Å². The van der Waals surface area contributed by atoms with Crippen LogP contribution in [0.4, 0.5) is 0 Å². The van der Waals surface area contributed by atoms with Crippen molar-refractivity contribution in [1.82, 2.24) is 5.32 Å². The lowest BCUT2D eigenvalue weighted by Crippen LogP contribution is -2.50. The molecule has 0 bridgehead atoms. The molecule has 0 unspecified atom stereocenters. The highest BCUT2D eigenvalue weighted by molar-refractivity contribution is 5.88. The van der Waals surface area contributed by atoms with Crippen LogP contribution in [0.25, 0.3) is 0 Å². The number of carbonyl (C=O) groups is 1. The lowest BCUT2D eigenvalue weighted by Gasteiger charge is -2.31. The van der Waals surface area contributed by atoms with Crippen LogP contribution in [0.2, 0.25) is 0 Å². The predicted molar refractivity (Wildman–Crippen MR) is 75.2 cm³/mol. The third-order valence-corrected chi connectivity index (χ3v) is 2.42. The van der Waals surface area contributed by atoms with Gasteiger partial charge < -0.3 is 5.32 Å². The summed E-state index contributed by atoms with van der Waals surface area (Å²) in [5, 5.41) is 3.42. The number of carbonyl (C=O) groups excluding carboxylic acids is 1. The molecule has 0 aliphatic carbocycles. The van der Waals surface area contributed by atoms with E-state index in [9.17, 15) is 4.79 Å². The molecule has 0 fully saturated rings. The van der Waals surface area contributed by atoms with Gasteiger partial charge in [-0.1, -0.05) is 32.4 Å². The van der Waals surface area contributed by atoms with E-state index in [1.807, 2.05) is 20.8 Å². The Kier molecular flexibility index (Phi) is 5.60. The molecule has 0 spiro atoms. The predicted octanol–water partition coefficient (Wildman–Crippen LogP) is 3.71. The van der Waals surface area contributed by atoms with Gasteiger partial charge in [-0.05, 0) is 41.0 Å². The third-order valence-electron chi connectivity index (χ3n) is 2.42. The van der Waals surface area contributed by atoms with Gasteiger partial charge in [-0.3, -0.25) is 4.79 Å². The molecule has 2 heteroatoms. The van der Waals surface area contributed by atoms with Crippen molar-refractivity contribution < 1.29 is 4.79 Å². The van der Waals surface area contributed by atoms with Crippen LogP contribution in [-0.2, 0) is 4.79 Å². The van der Waals surface area contributed by atoms with E-state index in [1.165, 1.54) is 5.57 Å². The van der Waals surface area contributed by atoms with E-state index in [0.717, 1.165) is 6.42 Å². The van der Waals surface area contributed by atoms with Gasteiger partial charge in [0.25, 0.3) is 0 Å². The number of nitrogens with one attached hydrogen (secondary N) is 1. The van der Waals surface area contributed by atoms with E-state index >= 15 is 0 Å². The summed E-state index contributed by atoms with van der Waals surface area (Å²) in [6.45, 7) is 16.4. The smallest absolute Gasteiger partial charge is 0.155 e. The molecule has 0 aromatic rings. The number of allylic oxidation sites excluding steroid dienone is 1. The minimum Gasteiger partial charge on any atom is -0.302 e. The highest BCUT2D eigenvalue weighted by atomic mass is 16.1. The van der Waals surface area contributed by atoms with Gasteiger partial charge in [0, 0.05) is 11.0 Å². The van der Waals surface area contributed by atoms with Crippen molar-refractivity contribution in [2.45, 2.75) is 73.4 Å². The van der Waals surface area contributed by atoms with Gasteiger partial charge in [0.15, 0.2) is 5.78 Å². The number of hydrogen-bond acceptors (Lipinski definition) is 2. The summed E-state index contributed by atoms with van der Waals surface area (Å²) < 4.78 is 0. The van der Waals surface area contributed by atoms with Gasteiger partial charge in [0.2, 0.25) is 0 Å². The fourth-order valence-corrected chi connectivity index (χ4v) is 1.63. The van der Waals surface area contributed by atoms with Crippen molar-refractivity contribution in [3.8, 4) is 0 Å². The molecule has 0 aliphatic rings. The molecule has 0 saturated heterocycles. The molecule has 1 N–H and O–H groups in total.